The summed E-state index contributed by atoms with van der Waals surface area (Å²) in [6, 6.07) is 29.1. The Morgan fingerprint density at radius 1 is 0.870 bits per heavy atom. The molecule has 4 aromatic rings. The number of anilines is 1. The van der Waals surface area contributed by atoms with Gasteiger partial charge >= 0.3 is 0 Å². The second kappa shape index (κ2) is 18.4. The molecule has 3 aromatic carbocycles. The quantitative estimate of drug-likeness (QED) is 0.105. The zero-order valence-corrected chi connectivity index (χ0v) is 26.5. The second-order valence-electron chi connectivity index (χ2n) is 11.5. The van der Waals surface area contributed by atoms with E-state index in [0.29, 0.717) is 49.8 Å². The topological polar surface area (TPSA) is 139 Å². The average Bonchev–Trinajstić information content (AvgIpc) is 3.07. The van der Waals surface area contributed by atoms with Gasteiger partial charge in [0.25, 0.3) is 5.91 Å². The molecular formula is C37H45N5O4. The van der Waals surface area contributed by atoms with Crippen LogP contribution in [0.3, 0.4) is 0 Å². The maximum Gasteiger partial charge on any atom is 0.251 e. The number of hydrogen-bond acceptors (Lipinski definition) is 7. The molecule has 0 aliphatic heterocycles. The number of nitrogens with one attached hydrogen (secondary N) is 3. The Hall–Kier alpha value is -4.57. The monoisotopic (exact) mass is 623 g/mol. The van der Waals surface area contributed by atoms with Gasteiger partial charge in [-0.15, -0.1) is 0 Å². The number of carbonyl (C=O) groups is 2. The van der Waals surface area contributed by atoms with Crippen LogP contribution < -0.4 is 21.7 Å². The smallest absolute Gasteiger partial charge is 0.251 e. The molecule has 2 amide bonds. The summed E-state index contributed by atoms with van der Waals surface area (Å²) in [5.41, 5.74) is 11.2. The number of aromatic nitrogens is 1. The lowest BCUT2D eigenvalue weighted by Gasteiger charge is -2.18. The Bertz CT molecular complexity index is 1500. The van der Waals surface area contributed by atoms with E-state index in [2.05, 4.69) is 40.0 Å². The number of aliphatic hydroxyl groups is 1. The van der Waals surface area contributed by atoms with E-state index < -0.39 is 6.10 Å². The van der Waals surface area contributed by atoms with Crippen molar-refractivity contribution < 1.29 is 19.4 Å². The highest BCUT2D eigenvalue weighted by Crippen LogP contribution is 2.13. The van der Waals surface area contributed by atoms with Crippen molar-refractivity contribution in [2.24, 2.45) is 0 Å². The predicted octanol–water partition coefficient (Wildman–Crippen LogP) is 4.16. The van der Waals surface area contributed by atoms with E-state index in [1.165, 1.54) is 5.56 Å². The number of aliphatic hydroxyl groups excluding tert-OH is 1. The minimum atomic E-state index is -0.676. The molecule has 0 saturated heterocycles. The van der Waals surface area contributed by atoms with E-state index in [4.69, 9.17) is 10.5 Å². The fourth-order valence-corrected chi connectivity index (χ4v) is 5.02. The number of nitrogens with two attached hydrogens (primary N) is 1. The number of nitrogens with zero attached hydrogens (tertiary/aromatic N) is 1. The van der Waals surface area contributed by atoms with Crippen molar-refractivity contribution in [3.05, 3.63) is 131 Å². The molecule has 242 valence electrons. The molecule has 6 N–H and O–H groups in total. The van der Waals surface area contributed by atoms with Crippen LogP contribution in [0.25, 0.3) is 0 Å². The summed E-state index contributed by atoms with van der Waals surface area (Å²) in [4.78, 5) is 29.2. The molecule has 4 rings (SSSR count). The van der Waals surface area contributed by atoms with Gasteiger partial charge in [0, 0.05) is 49.6 Å². The van der Waals surface area contributed by atoms with Crippen molar-refractivity contribution in [1.29, 1.82) is 0 Å². The zero-order chi connectivity index (χ0) is 32.6. The van der Waals surface area contributed by atoms with Crippen LogP contribution in [0.4, 0.5) is 5.82 Å². The van der Waals surface area contributed by atoms with Crippen molar-refractivity contribution >= 4 is 17.6 Å². The maximum atomic E-state index is 12.7. The van der Waals surface area contributed by atoms with E-state index in [1.54, 1.807) is 30.5 Å². The summed E-state index contributed by atoms with van der Waals surface area (Å²) in [7, 11) is 0. The molecule has 0 fully saturated rings. The zero-order valence-electron chi connectivity index (χ0n) is 26.5. The number of aryl methyl sites for hydroxylation is 1. The van der Waals surface area contributed by atoms with E-state index in [1.807, 2.05) is 54.6 Å². The molecule has 0 aliphatic carbocycles. The van der Waals surface area contributed by atoms with Gasteiger partial charge in [-0.3, -0.25) is 9.59 Å². The van der Waals surface area contributed by atoms with Gasteiger partial charge < -0.3 is 31.5 Å². The van der Waals surface area contributed by atoms with Crippen molar-refractivity contribution in [1.82, 2.24) is 20.9 Å². The summed E-state index contributed by atoms with van der Waals surface area (Å²) in [5, 5.41) is 19.6. The minimum absolute atomic E-state index is 0.0749. The third kappa shape index (κ3) is 12.1. The molecule has 0 spiro atoms. The van der Waals surface area contributed by atoms with Crippen LogP contribution in [0, 0.1) is 0 Å². The highest BCUT2D eigenvalue weighted by molar-refractivity contribution is 5.94. The Morgan fingerprint density at radius 3 is 2.39 bits per heavy atom. The minimum Gasteiger partial charge on any atom is -0.387 e. The Labute approximate surface area is 271 Å². The number of pyridine rings is 1. The van der Waals surface area contributed by atoms with Crippen molar-refractivity contribution in [3.63, 3.8) is 0 Å². The molecule has 1 heterocycles. The molecule has 0 aliphatic rings. The van der Waals surface area contributed by atoms with E-state index in [-0.39, 0.29) is 24.3 Å². The molecule has 2 unspecified atom stereocenters. The summed E-state index contributed by atoms with van der Waals surface area (Å²) in [6.45, 7) is 4.41. The van der Waals surface area contributed by atoms with Crippen LogP contribution in [-0.4, -0.2) is 54.2 Å². The predicted molar refractivity (Wildman–Crippen MR) is 181 cm³/mol. The number of hydrogen-bond donors (Lipinski definition) is 5. The molecule has 46 heavy (non-hydrogen) atoms. The van der Waals surface area contributed by atoms with Crippen LogP contribution in [0.2, 0.25) is 0 Å². The van der Waals surface area contributed by atoms with E-state index in [9.17, 15) is 14.7 Å². The van der Waals surface area contributed by atoms with Gasteiger partial charge in [-0.2, -0.15) is 0 Å². The average molecular weight is 624 g/mol. The molecule has 9 heteroatoms. The Kier molecular flexibility index (Phi) is 13.7. The second-order valence-corrected chi connectivity index (χ2v) is 11.5. The Morgan fingerprint density at radius 2 is 1.63 bits per heavy atom. The molecular weight excluding hydrogens is 578 g/mol. The maximum absolute atomic E-state index is 12.7. The largest absolute Gasteiger partial charge is 0.387 e. The van der Waals surface area contributed by atoms with E-state index in [0.717, 1.165) is 36.0 Å². The van der Waals surface area contributed by atoms with Gasteiger partial charge in [-0.25, -0.2) is 4.98 Å². The first-order valence-corrected chi connectivity index (χ1v) is 15.8. The fraction of sp³-hybridized carbons (Fsp3) is 0.324. The normalized spacial score (nSPS) is 12.3. The van der Waals surface area contributed by atoms with Gasteiger partial charge in [0.2, 0.25) is 5.91 Å². The van der Waals surface area contributed by atoms with Crippen LogP contribution in [-0.2, 0) is 35.3 Å². The first kappa shape index (κ1) is 34.3. The summed E-state index contributed by atoms with van der Waals surface area (Å²) < 4.78 is 5.64. The number of benzene rings is 3. The first-order chi connectivity index (χ1) is 22.4. The third-order valence-corrected chi connectivity index (χ3v) is 7.59. The van der Waals surface area contributed by atoms with Crippen LogP contribution in [0.1, 0.15) is 57.6 Å². The Balaban J connectivity index is 1.11. The summed E-state index contributed by atoms with van der Waals surface area (Å²) in [5.74, 6) is 0.196. The third-order valence-electron chi connectivity index (χ3n) is 7.59. The molecule has 9 nitrogen and oxygen atoms in total. The highest BCUT2D eigenvalue weighted by atomic mass is 16.5. The van der Waals surface area contributed by atoms with Crippen molar-refractivity contribution in [3.8, 4) is 0 Å². The van der Waals surface area contributed by atoms with Gasteiger partial charge in [-0.1, -0.05) is 72.8 Å². The molecule has 0 saturated carbocycles. The molecule has 2 atom stereocenters. The van der Waals surface area contributed by atoms with Crippen LogP contribution in [0.5, 0.6) is 0 Å². The van der Waals surface area contributed by atoms with E-state index >= 15 is 0 Å². The first-order valence-electron chi connectivity index (χ1n) is 15.8. The van der Waals surface area contributed by atoms with Gasteiger partial charge in [-0.05, 0) is 66.6 Å². The van der Waals surface area contributed by atoms with Crippen LogP contribution >= 0.6 is 0 Å². The van der Waals surface area contributed by atoms with Crippen molar-refractivity contribution in [2.45, 2.75) is 51.3 Å². The summed E-state index contributed by atoms with van der Waals surface area (Å²) >= 11 is 0. The summed E-state index contributed by atoms with van der Waals surface area (Å²) in [6.07, 6.45) is 3.85. The number of carbonyl (C=O) groups excluding carboxylic acids is 2. The number of amides is 2. The highest BCUT2D eigenvalue weighted by Gasteiger charge is 2.12. The number of ether oxygens (including phenoxy) is 1. The lowest BCUT2D eigenvalue weighted by Crippen LogP contribution is -2.32. The molecule has 1 aromatic heterocycles. The fourth-order valence-electron chi connectivity index (χ4n) is 5.02. The van der Waals surface area contributed by atoms with Gasteiger partial charge in [0.15, 0.2) is 0 Å². The SMILES string of the molecule is CC(Cc1cccc(CC(=O)NCc2ccc(C(=O)NCCOCCCc3ccccc3)cc2)c1)NCC(O)c1ccc(N)nc1. The molecule has 0 bridgehead atoms. The lowest BCUT2D eigenvalue weighted by molar-refractivity contribution is -0.120. The standard InChI is InChI=1S/C37H45N5O4/c1-27(40-26-34(43)33-16-17-35(38)41-25-33)21-30-9-5-10-31(22-30)23-36(44)42-24-29-12-14-32(15-13-29)37(45)39-18-20-46-19-6-11-28-7-3-2-4-8-28/h2-5,7-10,12-17,22,25,27,34,40,43H,6,11,18-21,23-24,26H2,1H3,(H2,38,41)(H,39,45)(H,42,44). The van der Waals surface area contributed by atoms with Crippen LogP contribution in [0.15, 0.2) is 97.2 Å². The lowest BCUT2D eigenvalue weighted by atomic mass is 10.0. The van der Waals surface area contributed by atoms with Gasteiger partial charge in [0.1, 0.15) is 5.82 Å². The number of rotatable bonds is 18. The molecule has 0 radical (unpaired) electrons. The van der Waals surface area contributed by atoms with Gasteiger partial charge in [0.05, 0.1) is 19.1 Å². The van der Waals surface area contributed by atoms with Crippen molar-refractivity contribution in [2.75, 3.05) is 32.0 Å². The number of nitrogen functional groups attached to an aromatic ring is 1.